The van der Waals surface area contributed by atoms with Gasteiger partial charge >= 0.3 is 0 Å². The van der Waals surface area contributed by atoms with Gasteiger partial charge in [0.25, 0.3) is 5.91 Å². The Morgan fingerprint density at radius 3 is 2.52 bits per heavy atom. The van der Waals surface area contributed by atoms with Crippen molar-refractivity contribution in [3.8, 4) is 0 Å². The molecule has 1 N–H and O–H groups in total. The summed E-state index contributed by atoms with van der Waals surface area (Å²) in [5.74, 6) is 0.0829. The predicted octanol–water partition coefficient (Wildman–Crippen LogP) is 3.72. The minimum absolute atomic E-state index is 0.221. The highest BCUT2D eigenvalue weighted by Gasteiger charge is 2.13. The predicted molar refractivity (Wildman–Crippen MR) is 84.6 cm³/mol. The number of hydrogen-bond acceptors (Lipinski definition) is 3. The summed E-state index contributed by atoms with van der Waals surface area (Å²) in [5, 5.41) is 11.1. The van der Waals surface area contributed by atoms with E-state index in [1.165, 1.54) is 0 Å². The second-order valence-corrected chi connectivity index (χ2v) is 5.41. The van der Waals surface area contributed by atoms with E-state index in [4.69, 9.17) is 0 Å². The van der Waals surface area contributed by atoms with E-state index in [9.17, 15) is 4.79 Å². The molecule has 0 saturated heterocycles. The number of aryl methyl sites for hydroxylation is 2. The average Bonchev–Trinajstić information content (AvgIpc) is 2.49. The Kier molecular flexibility index (Phi) is 4.68. The second-order valence-electron chi connectivity index (χ2n) is 5.41. The number of amides is 1. The molecule has 4 nitrogen and oxygen atoms in total. The smallest absolute Gasteiger partial charge is 0.276 e. The Morgan fingerprint density at radius 1 is 1.19 bits per heavy atom. The lowest BCUT2D eigenvalue weighted by molar-refractivity contribution is 0.102. The molecule has 110 valence electrons. The molecule has 1 heterocycles. The maximum Gasteiger partial charge on any atom is 0.276 e. The Bertz CT molecular complexity index is 633. The van der Waals surface area contributed by atoms with Crippen molar-refractivity contribution in [1.82, 2.24) is 10.2 Å². The molecule has 0 saturated carbocycles. The van der Waals surface area contributed by atoms with E-state index < -0.39 is 0 Å². The molecule has 0 aliphatic heterocycles. The van der Waals surface area contributed by atoms with Crippen LogP contribution in [0.5, 0.6) is 0 Å². The van der Waals surface area contributed by atoms with E-state index in [2.05, 4.69) is 22.4 Å². The van der Waals surface area contributed by atoms with E-state index in [0.29, 0.717) is 11.6 Å². The number of anilines is 1. The Balaban J connectivity index is 2.22. The molecule has 21 heavy (non-hydrogen) atoms. The summed E-state index contributed by atoms with van der Waals surface area (Å²) in [7, 11) is 0. The molecule has 1 aromatic heterocycles. The summed E-state index contributed by atoms with van der Waals surface area (Å²) in [6, 6.07) is 9.59. The summed E-state index contributed by atoms with van der Waals surface area (Å²) in [4.78, 5) is 12.3. The average molecular weight is 283 g/mol. The lowest BCUT2D eigenvalue weighted by Gasteiger charge is -2.12. The van der Waals surface area contributed by atoms with Gasteiger partial charge in [-0.2, -0.15) is 5.10 Å². The van der Waals surface area contributed by atoms with Gasteiger partial charge in [0.1, 0.15) is 0 Å². The number of rotatable bonds is 4. The third-order valence-corrected chi connectivity index (χ3v) is 3.49. The number of benzene rings is 1. The Hall–Kier alpha value is -2.23. The molecule has 2 aromatic rings. The van der Waals surface area contributed by atoms with Crippen molar-refractivity contribution < 1.29 is 4.79 Å². The van der Waals surface area contributed by atoms with Crippen LogP contribution in [0.2, 0.25) is 0 Å². The first-order valence-electron chi connectivity index (χ1n) is 7.26. The third kappa shape index (κ3) is 3.45. The zero-order valence-corrected chi connectivity index (χ0v) is 13.0. The quantitative estimate of drug-likeness (QED) is 0.930. The molecule has 1 amide bonds. The van der Waals surface area contributed by atoms with Gasteiger partial charge in [-0.25, -0.2) is 0 Å². The van der Waals surface area contributed by atoms with E-state index in [1.807, 2.05) is 45.0 Å². The van der Waals surface area contributed by atoms with Gasteiger partial charge in [0, 0.05) is 5.69 Å². The summed E-state index contributed by atoms with van der Waals surface area (Å²) >= 11 is 0. The van der Waals surface area contributed by atoms with Crippen molar-refractivity contribution >= 4 is 11.6 Å². The van der Waals surface area contributed by atoms with Gasteiger partial charge in [-0.1, -0.05) is 39.0 Å². The zero-order valence-electron chi connectivity index (χ0n) is 13.0. The van der Waals surface area contributed by atoms with Gasteiger partial charge < -0.3 is 5.32 Å². The minimum Gasteiger partial charge on any atom is -0.320 e. The van der Waals surface area contributed by atoms with Gasteiger partial charge in [-0.3, -0.25) is 4.79 Å². The fraction of sp³-hybridized carbons (Fsp3) is 0.353. The third-order valence-electron chi connectivity index (χ3n) is 3.49. The first-order valence-corrected chi connectivity index (χ1v) is 7.26. The van der Waals surface area contributed by atoms with E-state index in [-0.39, 0.29) is 5.91 Å². The van der Waals surface area contributed by atoms with Gasteiger partial charge in [0.05, 0.1) is 5.69 Å². The van der Waals surface area contributed by atoms with E-state index in [0.717, 1.165) is 28.9 Å². The highest BCUT2D eigenvalue weighted by Crippen LogP contribution is 2.21. The maximum atomic E-state index is 12.3. The van der Waals surface area contributed by atoms with Crippen molar-refractivity contribution in [1.29, 1.82) is 0 Å². The van der Waals surface area contributed by atoms with Crippen LogP contribution in [-0.4, -0.2) is 16.1 Å². The normalized spacial score (nSPS) is 10.7. The fourth-order valence-electron chi connectivity index (χ4n) is 2.15. The summed E-state index contributed by atoms with van der Waals surface area (Å²) in [6.07, 6.45) is 0.870. The highest BCUT2D eigenvalue weighted by atomic mass is 16.1. The summed E-state index contributed by atoms with van der Waals surface area (Å²) < 4.78 is 0. The van der Waals surface area contributed by atoms with Crippen LogP contribution in [0.3, 0.4) is 0 Å². The first-order chi connectivity index (χ1) is 10.0. The lowest BCUT2D eigenvalue weighted by atomic mass is 10.1. The number of nitrogens with zero attached hydrogens (tertiary/aromatic N) is 2. The Morgan fingerprint density at radius 2 is 1.95 bits per heavy atom. The van der Waals surface area contributed by atoms with Crippen molar-refractivity contribution in [2.24, 2.45) is 0 Å². The molecule has 0 radical (unpaired) electrons. The molecule has 0 aliphatic carbocycles. The molecule has 0 fully saturated rings. The molecule has 0 atom stereocenters. The van der Waals surface area contributed by atoms with Gasteiger partial charge in [0.2, 0.25) is 0 Å². The number of para-hydroxylation sites is 1. The first kappa shape index (κ1) is 15.2. The monoisotopic (exact) mass is 283 g/mol. The molecule has 1 aromatic carbocycles. The highest BCUT2D eigenvalue weighted by molar-refractivity contribution is 6.03. The van der Waals surface area contributed by atoms with Crippen LogP contribution >= 0.6 is 0 Å². The lowest BCUT2D eigenvalue weighted by Crippen LogP contribution is -2.16. The molecule has 0 bridgehead atoms. The second kappa shape index (κ2) is 6.48. The molecule has 0 unspecified atom stereocenters. The van der Waals surface area contributed by atoms with Gasteiger partial charge in [0.15, 0.2) is 5.69 Å². The van der Waals surface area contributed by atoms with Crippen LogP contribution in [-0.2, 0) is 6.42 Å². The van der Waals surface area contributed by atoms with E-state index in [1.54, 1.807) is 6.07 Å². The number of nitrogens with one attached hydrogen (secondary N) is 1. The van der Waals surface area contributed by atoms with Crippen LogP contribution in [0.4, 0.5) is 5.69 Å². The SMILES string of the molecule is CCc1cccc(C)c1NC(=O)c1ccc(C(C)C)nn1. The van der Waals surface area contributed by atoms with Crippen LogP contribution in [0.15, 0.2) is 30.3 Å². The molecule has 4 heteroatoms. The number of hydrogen-bond donors (Lipinski definition) is 1. The molecule has 0 aliphatic rings. The van der Waals surface area contributed by atoms with Gasteiger partial charge in [-0.15, -0.1) is 5.10 Å². The number of carbonyl (C=O) groups excluding carboxylic acids is 1. The zero-order chi connectivity index (χ0) is 15.4. The fourth-order valence-corrected chi connectivity index (χ4v) is 2.15. The van der Waals surface area contributed by atoms with Crippen molar-refractivity contribution in [3.63, 3.8) is 0 Å². The minimum atomic E-state index is -0.221. The van der Waals surface area contributed by atoms with Crippen LogP contribution in [0, 0.1) is 6.92 Å². The van der Waals surface area contributed by atoms with Crippen molar-refractivity contribution in [2.45, 2.75) is 40.0 Å². The number of carbonyl (C=O) groups is 1. The van der Waals surface area contributed by atoms with Crippen molar-refractivity contribution in [2.75, 3.05) is 5.32 Å². The van der Waals surface area contributed by atoms with Gasteiger partial charge in [-0.05, 0) is 42.5 Å². The Labute approximate surface area is 125 Å². The molecule has 2 rings (SSSR count). The topological polar surface area (TPSA) is 54.9 Å². The van der Waals surface area contributed by atoms with Crippen LogP contribution < -0.4 is 5.32 Å². The molecule has 0 spiro atoms. The molecular formula is C17H21N3O. The summed E-state index contributed by atoms with van der Waals surface area (Å²) in [5.41, 5.74) is 4.27. The summed E-state index contributed by atoms with van der Waals surface area (Å²) in [6.45, 7) is 8.15. The number of aromatic nitrogens is 2. The molecular weight excluding hydrogens is 262 g/mol. The standard InChI is InChI=1S/C17H21N3O/c1-5-13-8-6-7-12(4)16(13)18-17(21)15-10-9-14(11(2)3)19-20-15/h6-11H,5H2,1-4H3,(H,18,21). The van der Waals surface area contributed by atoms with Crippen LogP contribution in [0.1, 0.15) is 54.0 Å². The maximum absolute atomic E-state index is 12.3. The van der Waals surface area contributed by atoms with E-state index >= 15 is 0 Å². The van der Waals surface area contributed by atoms with Crippen LogP contribution in [0.25, 0.3) is 0 Å². The van der Waals surface area contributed by atoms with Crippen molar-refractivity contribution in [3.05, 3.63) is 52.8 Å². The largest absolute Gasteiger partial charge is 0.320 e.